The number of amides is 2. The molecule has 1 saturated carbocycles. The summed E-state index contributed by atoms with van der Waals surface area (Å²) in [6, 6.07) is 7.33. The zero-order valence-electron chi connectivity index (χ0n) is 15.2. The van der Waals surface area contributed by atoms with Crippen molar-refractivity contribution < 1.29 is 27.2 Å². The monoisotopic (exact) mass is 407 g/mol. The third kappa shape index (κ3) is 5.11. The smallest absolute Gasteiger partial charge is 0.286 e. The van der Waals surface area contributed by atoms with E-state index in [0.717, 1.165) is 12.8 Å². The molecule has 3 rings (SSSR count). The van der Waals surface area contributed by atoms with Gasteiger partial charge in [-0.1, -0.05) is 0 Å². The van der Waals surface area contributed by atoms with Crippen LogP contribution in [0.25, 0.3) is 0 Å². The Morgan fingerprint density at radius 1 is 1.25 bits per heavy atom. The van der Waals surface area contributed by atoms with Gasteiger partial charge in [0.15, 0.2) is 5.76 Å². The molecule has 0 bridgehead atoms. The number of hydrogen-bond donors (Lipinski definition) is 3. The van der Waals surface area contributed by atoms with Gasteiger partial charge in [0.1, 0.15) is 5.75 Å². The van der Waals surface area contributed by atoms with Crippen molar-refractivity contribution in [3.8, 4) is 5.75 Å². The molecule has 0 atom stereocenters. The van der Waals surface area contributed by atoms with E-state index in [1.807, 2.05) is 0 Å². The van der Waals surface area contributed by atoms with Gasteiger partial charge in [-0.2, -0.15) is 0 Å². The summed E-state index contributed by atoms with van der Waals surface area (Å²) in [5.41, 5.74) is 0.239. The first-order valence-corrected chi connectivity index (χ1v) is 10.2. The van der Waals surface area contributed by atoms with Crippen molar-refractivity contribution in [2.45, 2.75) is 30.2 Å². The largest absolute Gasteiger partial charge is 0.495 e. The molecular weight excluding hydrogens is 386 g/mol. The van der Waals surface area contributed by atoms with Crippen LogP contribution in [0.15, 0.2) is 45.9 Å². The Morgan fingerprint density at radius 2 is 2.04 bits per heavy atom. The Hall–Kier alpha value is -2.85. The number of sulfonamides is 1. The zero-order chi connectivity index (χ0) is 20.1. The molecule has 1 aromatic heterocycles. The summed E-state index contributed by atoms with van der Waals surface area (Å²) in [4.78, 5) is 24.0. The molecule has 10 heteroatoms. The van der Waals surface area contributed by atoms with E-state index in [-0.39, 0.29) is 35.4 Å². The molecule has 0 radical (unpaired) electrons. The maximum Gasteiger partial charge on any atom is 0.286 e. The topological polar surface area (TPSA) is 127 Å². The molecule has 1 aromatic carbocycles. The number of anilines is 1. The minimum absolute atomic E-state index is 0.00704. The second-order valence-corrected chi connectivity index (χ2v) is 8.00. The Balaban J connectivity index is 1.60. The molecule has 1 aliphatic carbocycles. The van der Waals surface area contributed by atoms with Gasteiger partial charge in [0, 0.05) is 19.0 Å². The van der Waals surface area contributed by atoms with Crippen LogP contribution in [0.5, 0.6) is 5.75 Å². The molecule has 0 saturated heterocycles. The van der Waals surface area contributed by atoms with Crippen LogP contribution in [0.3, 0.4) is 0 Å². The second kappa shape index (κ2) is 8.44. The number of nitrogens with one attached hydrogen (secondary N) is 3. The van der Waals surface area contributed by atoms with Gasteiger partial charge in [-0.15, -0.1) is 0 Å². The molecule has 0 aliphatic heterocycles. The molecule has 1 aliphatic rings. The number of carbonyl (C=O) groups is 2. The van der Waals surface area contributed by atoms with Gasteiger partial charge in [-0.25, -0.2) is 13.1 Å². The highest BCUT2D eigenvalue weighted by molar-refractivity contribution is 7.89. The van der Waals surface area contributed by atoms with Gasteiger partial charge in [0.25, 0.3) is 5.91 Å². The summed E-state index contributed by atoms with van der Waals surface area (Å²) in [5.74, 6) is -0.334. The third-order valence-electron chi connectivity index (χ3n) is 4.04. The van der Waals surface area contributed by atoms with Crippen molar-refractivity contribution >= 4 is 27.5 Å². The zero-order valence-corrected chi connectivity index (χ0v) is 16.0. The fourth-order valence-electron chi connectivity index (χ4n) is 2.44. The number of furan rings is 1. The first-order chi connectivity index (χ1) is 13.4. The van der Waals surface area contributed by atoms with Crippen LogP contribution in [0, 0.1) is 0 Å². The highest BCUT2D eigenvalue weighted by Crippen LogP contribution is 2.29. The SMILES string of the molecule is COc1ccc(S(=O)(=O)NC2CC2)cc1NC(=O)CCNC(=O)c1ccco1. The molecule has 3 N–H and O–H groups in total. The maximum absolute atomic E-state index is 12.4. The molecule has 0 spiro atoms. The van der Waals surface area contributed by atoms with Gasteiger partial charge in [0.2, 0.25) is 15.9 Å². The van der Waals surface area contributed by atoms with Crippen molar-refractivity contribution in [2.24, 2.45) is 0 Å². The summed E-state index contributed by atoms with van der Waals surface area (Å²) in [6.45, 7) is 0.0922. The molecule has 2 aromatic rings. The first-order valence-electron chi connectivity index (χ1n) is 8.71. The van der Waals surface area contributed by atoms with Crippen molar-refractivity contribution in [1.29, 1.82) is 0 Å². The van der Waals surface area contributed by atoms with E-state index in [9.17, 15) is 18.0 Å². The van der Waals surface area contributed by atoms with Crippen LogP contribution in [-0.2, 0) is 14.8 Å². The predicted octanol–water partition coefficient (Wildman–Crippen LogP) is 1.49. The Labute approximate surface area is 162 Å². The molecule has 28 heavy (non-hydrogen) atoms. The summed E-state index contributed by atoms with van der Waals surface area (Å²) in [6.07, 6.45) is 3.02. The summed E-state index contributed by atoms with van der Waals surface area (Å²) in [5, 5.41) is 5.18. The number of ether oxygens (including phenoxy) is 1. The van der Waals surface area contributed by atoms with Crippen LogP contribution in [0.2, 0.25) is 0 Å². The number of rotatable bonds is 9. The molecule has 0 unspecified atom stereocenters. The van der Waals surface area contributed by atoms with Crippen molar-refractivity contribution in [1.82, 2.24) is 10.0 Å². The number of methoxy groups -OCH3 is 1. The van der Waals surface area contributed by atoms with E-state index < -0.39 is 21.8 Å². The minimum Gasteiger partial charge on any atom is -0.495 e. The van der Waals surface area contributed by atoms with E-state index >= 15 is 0 Å². The predicted molar refractivity (Wildman–Crippen MR) is 101 cm³/mol. The fraction of sp³-hybridized carbons (Fsp3) is 0.333. The van der Waals surface area contributed by atoms with Crippen LogP contribution in [0.1, 0.15) is 29.8 Å². The van der Waals surface area contributed by atoms with E-state index in [2.05, 4.69) is 15.4 Å². The normalized spacial score (nSPS) is 13.8. The van der Waals surface area contributed by atoms with Crippen LogP contribution < -0.4 is 20.1 Å². The lowest BCUT2D eigenvalue weighted by molar-refractivity contribution is -0.116. The quantitative estimate of drug-likeness (QED) is 0.578. The van der Waals surface area contributed by atoms with Gasteiger partial charge >= 0.3 is 0 Å². The van der Waals surface area contributed by atoms with Crippen molar-refractivity contribution in [3.63, 3.8) is 0 Å². The standard InChI is InChI=1S/C18H21N3O6S/c1-26-15-7-6-13(28(24,25)21-12-4-5-12)11-14(15)20-17(22)8-9-19-18(23)16-3-2-10-27-16/h2-3,6-7,10-12,21H,4-5,8-9H2,1H3,(H,19,23)(H,20,22). The van der Waals surface area contributed by atoms with E-state index in [0.29, 0.717) is 5.75 Å². The maximum atomic E-state index is 12.4. The number of carbonyl (C=O) groups excluding carboxylic acids is 2. The fourth-order valence-corrected chi connectivity index (χ4v) is 3.77. The first kappa shape index (κ1) is 19.9. The molecular formula is C18H21N3O6S. The lowest BCUT2D eigenvalue weighted by Crippen LogP contribution is -2.27. The lowest BCUT2D eigenvalue weighted by atomic mass is 10.2. The summed E-state index contributed by atoms with van der Waals surface area (Å²) < 4.78 is 37.5. The van der Waals surface area contributed by atoms with Crippen LogP contribution in [-0.4, -0.2) is 39.9 Å². The van der Waals surface area contributed by atoms with Gasteiger partial charge in [0.05, 0.1) is 24.0 Å². The Bertz CT molecular complexity index is 952. The summed E-state index contributed by atoms with van der Waals surface area (Å²) >= 11 is 0. The highest BCUT2D eigenvalue weighted by atomic mass is 32.2. The number of hydrogen-bond acceptors (Lipinski definition) is 6. The third-order valence-corrected chi connectivity index (χ3v) is 5.56. The molecule has 1 heterocycles. The Morgan fingerprint density at radius 3 is 2.68 bits per heavy atom. The lowest BCUT2D eigenvalue weighted by Gasteiger charge is -2.13. The Kier molecular flexibility index (Phi) is 6.00. The average molecular weight is 407 g/mol. The van der Waals surface area contributed by atoms with Gasteiger partial charge in [-0.3, -0.25) is 9.59 Å². The number of benzene rings is 1. The van der Waals surface area contributed by atoms with E-state index in [1.54, 1.807) is 6.07 Å². The average Bonchev–Trinajstić information content (AvgIpc) is 3.28. The van der Waals surface area contributed by atoms with Crippen molar-refractivity contribution in [2.75, 3.05) is 19.0 Å². The van der Waals surface area contributed by atoms with Gasteiger partial charge in [-0.05, 0) is 43.2 Å². The second-order valence-electron chi connectivity index (χ2n) is 6.29. The van der Waals surface area contributed by atoms with Crippen LogP contribution >= 0.6 is 0 Å². The molecule has 1 fully saturated rings. The van der Waals surface area contributed by atoms with Gasteiger partial charge < -0.3 is 19.8 Å². The van der Waals surface area contributed by atoms with Crippen LogP contribution in [0.4, 0.5) is 5.69 Å². The molecule has 150 valence electrons. The molecule has 9 nitrogen and oxygen atoms in total. The summed E-state index contributed by atoms with van der Waals surface area (Å²) in [7, 11) is -2.24. The van der Waals surface area contributed by atoms with Crippen molar-refractivity contribution in [3.05, 3.63) is 42.4 Å². The molecule has 2 amide bonds. The van der Waals surface area contributed by atoms with E-state index in [4.69, 9.17) is 9.15 Å². The minimum atomic E-state index is -3.66. The highest BCUT2D eigenvalue weighted by Gasteiger charge is 2.28. The van der Waals surface area contributed by atoms with E-state index in [1.165, 1.54) is 37.6 Å².